The van der Waals surface area contributed by atoms with E-state index in [-0.39, 0.29) is 0 Å². The topological polar surface area (TPSA) is 55.3 Å². The molecule has 3 rings (SSSR count). The second-order valence-corrected chi connectivity index (χ2v) is 5.03. The third-order valence-corrected chi connectivity index (χ3v) is 3.98. The molecule has 0 radical (unpaired) electrons. The lowest BCUT2D eigenvalue weighted by atomic mass is 9.90. The van der Waals surface area contributed by atoms with Crippen molar-refractivity contribution in [2.45, 2.75) is 25.8 Å². The van der Waals surface area contributed by atoms with Crippen molar-refractivity contribution in [1.29, 1.82) is 0 Å². The smallest absolute Gasteiger partial charge is 0.139 e. The van der Waals surface area contributed by atoms with Crippen LogP contribution in [-0.2, 0) is 0 Å². The normalized spacial score (nSPS) is 24.7. The summed E-state index contributed by atoms with van der Waals surface area (Å²) in [6, 6.07) is 4.23. The molecule has 0 spiro atoms. The maximum Gasteiger partial charge on any atom is 0.139 e. The Balaban J connectivity index is 1.93. The maximum atomic E-state index is 6.16. The molecule has 1 fully saturated rings. The fourth-order valence-corrected chi connectivity index (χ4v) is 2.81. The van der Waals surface area contributed by atoms with Crippen molar-refractivity contribution >= 4 is 16.8 Å². The van der Waals surface area contributed by atoms with Crippen molar-refractivity contribution in [3.63, 3.8) is 0 Å². The van der Waals surface area contributed by atoms with Gasteiger partial charge in [-0.25, -0.2) is 4.98 Å². The SMILES string of the molecule is CCC1CN(c2nccc3occc23)CCC1N. The van der Waals surface area contributed by atoms with Crippen molar-refractivity contribution < 1.29 is 4.42 Å². The van der Waals surface area contributed by atoms with E-state index >= 15 is 0 Å². The van der Waals surface area contributed by atoms with Gasteiger partial charge in [0.15, 0.2) is 0 Å². The van der Waals surface area contributed by atoms with Crippen molar-refractivity contribution in [2.24, 2.45) is 11.7 Å². The standard InChI is InChI=1S/C14H19N3O/c1-2-10-9-17(7-4-12(10)15)14-11-5-8-18-13(11)3-6-16-14/h3,5-6,8,10,12H,2,4,7,9,15H2,1H3. The Hall–Kier alpha value is -1.55. The number of aromatic nitrogens is 1. The molecule has 2 N–H and O–H groups in total. The van der Waals surface area contributed by atoms with E-state index in [4.69, 9.17) is 10.2 Å². The molecule has 1 aliphatic heterocycles. The highest BCUT2D eigenvalue weighted by molar-refractivity contribution is 5.88. The molecule has 3 heterocycles. The molecule has 0 amide bonds. The third-order valence-electron chi connectivity index (χ3n) is 3.98. The molecule has 4 heteroatoms. The summed E-state index contributed by atoms with van der Waals surface area (Å²) in [5.74, 6) is 1.59. The summed E-state index contributed by atoms with van der Waals surface area (Å²) in [4.78, 5) is 6.86. The van der Waals surface area contributed by atoms with E-state index < -0.39 is 0 Å². The molecule has 2 aromatic heterocycles. The second kappa shape index (κ2) is 4.61. The minimum atomic E-state index is 0.329. The number of piperidine rings is 1. The average molecular weight is 245 g/mol. The first-order chi connectivity index (χ1) is 8.79. The monoisotopic (exact) mass is 245 g/mol. The van der Waals surface area contributed by atoms with Gasteiger partial charge in [0.05, 0.1) is 11.6 Å². The Bertz CT molecular complexity index is 537. The summed E-state index contributed by atoms with van der Waals surface area (Å²) >= 11 is 0. The molecule has 1 saturated heterocycles. The highest BCUT2D eigenvalue weighted by Crippen LogP contribution is 2.29. The highest BCUT2D eigenvalue weighted by atomic mass is 16.3. The van der Waals surface area contributed by atoms with Crippen molar-refractivity contribution in [1.82, 2.24) is 4.98 Å². The van der Waals surface area contributed by atoms with Gasteiger partial charge >= 0.3 is 0 Å². The molecule has 18 heavy (non-hydrogen) atoms. The number of fused-ring (bicyclic) bond motifs is 1. The summed E-state index contributed by atoms with van der Waals surface area (Å²) in [7, 11) is 0. The Morgan fingerprint density at radius 1 is 1.50 bits per heavy atom. The molecule has 1 aliphatic rings. The molecule has 4 nitrogen and oxygen atoms in total. The number of hydrogen-bond donors (Lipinski definition) is 1. The van der Waals surface area contributed by atoms with E-state index in [1.165, 1.54) is 0 Å². The maximum absolute atomic E-state index is 6.16. The largest absolute Gasteiger partial charge is 0.464 e. The van der Waals surface area contributed by atoms with Crippen molar-refractivity contribution in [3.05, 3.63) is 24.6 Å². The van der Waals surface area contributed by atoms with Gasteiger partial charge in [-0.1, -0.05) is 13.3 Å². The molecule has 2 unspecified atom stereocenters. The number of pyridine rings is 1. The summed E-state index contributed by atoms with van der Waals surface area (Å²) < 4.78 is 5.43. The average Bonchev–Trinajstić information content (AvgIpc) is 2.87. The molecule has 96 valence electrons. The number of rotatable bonds is 2. The zero-order valence-electron chi connectivity index (χ0n) is 10.7. The predicted octanol–water partition coefficient (Wildman–Crippen LogP) is 2.39. The second-order valence-electron chi connectivity index (χ2n) is 5.03. The molecule has 0 saturated carbocycles. The molecule has 0 aliphatic carbocycles. The van der Waals surface area contributed by atoms with Gasteiger partial charge in [0.2, 0.25) is 0 Å². The fourth-order valence-electron chi connectivity index (χ4n) is 2.81. The Kier molecular flexibility index (Phi) is 2.96. The number of nitrogens with zero attached hydrogens (tertiary/aromatic N) is 2. The van der Waals surface area contributed by atoms with Crippen LogP contribution in [0.25, 0.3) is 11.0 Å². The van der Waals surface area contributed by atoms with Crippen LogP contribution in [0.4, 0.5) is 5.82 Å². The van der Waals surface area contributed by atoms with E-state index in [1.807, 2.05) is 18.3 Å². The molecule has 2 atom stereocenters. The van der Waals surface area contributed by atoms with Gasteiger partial charge in [-0.3, -0.25) is 0 Å². The lowest BCUT2D eigenvalue weighted by Crippen LogP contribution is -2.47. The summed E-state index contributed by atoms with van der Waals surface area (Å²) in [6.45, 7) is 4.18. The van der Waals surface area contributed by atoms with Crippen LogP contribution >= 0.6 is 0 Å². The van der Waals surface area contributed by atoms with Crippen LogP contribution in [0.2, 0.25) is 0 Å². The van der Waals surface area contributed by atoms with Gasteiger partial charge in [0, 0.05) is 25.3 Å². The van der Waals surface area contributed by atoms with Crippen LogP contribution in [0.15, 0.2) is 29.0 Å². The molecule has 0 bridgehead atoms. The number of hydrogen-bond acceptors (Lipinski definition) is 4. The quantitative estimate of drug-likeness (QED) is 0.882. The van der Waals surface area contributed by atoms with E-state index in [0.29, 0.717) is 12.0 Å². The fraction of sp³-hybridized carbons (Fsp3) is 0.500. The number of nitrogens with two attached hydrogens (primary N) is 1. The van der Waals surface area contributed by atoms with E-state index in [9.17, 15) is 0 Å². The summed E-state index contributed by atoms with van der Waals surface area (Å²) in [6.07, 6.45) is 5.70. The zero-order chi connectivity index (χ0) is 12.5. The van der Waals surface area contributed by atoms with Gasteiger partial charge in [0.1, 0.15) is 11.4 Å². The van der Waals surface area contributed by atoms with Gasteiger partial charge in [-0.15, -0.1) is 0 Å². The van der Waals surface area contributed by atoms with E-state index in [1.54, 1.807) is 6.26 Å². The number of anilines is 1. The van der Waals surface area contributed by atoms with Gasteiger partial charge in [-0.05, 0) is 24.5 Å². The third kappa shape index (κ3) is 1.86. The van der Waals surface area contributed by atoms with Crippen LogP contribution < -0.4 is 10.6 Å². The Labute approximate surface area is 107 Å². The lowest BCUT2D eigenvalue weighted by molar-refractivity contribution is 0.347. The van der Waals surface area contributed by atoms with Crippen molar-refractivity contribution in [3.8, 4) is 0 Å². The highest BCUT2D eigenvalue weighted by Gasteiger charge is 2.26. The van der Waals surface area contributed by atoms with Crippen LogP contribution in [0.5, 0.6) is 0 Å². The molecule has 0 aromatic carbocycles. The number of furan rings is 1. The summed E-state index contributed by atoms with van der Waals surface area (Å²) in [5, 5.41) is 1.10. The first kappa shape index (κ1) is 11.5. The van der Waals surface area contributed by atoms with Gasteiger partial charge < -0.3 is 15.1 Å². The van der Waals surface area contributed by atoms with Gasteiger partial charge in [-0.2, -0.15) is 0 Å². The minimum Gasteiger partial charge on any atom is -0.464 e. The minimum absolute atomic E-state index is 0.329. The lowest BCUT2D eigenvalue weighted by Gasteiger charge is -2.37. The summed E-state index contributed by atoms with van der Waals surface area (Å²) in [5.41, 5.74) is 7.06. The van der Waals surface area contributed by atoms with E-state index in [2.05, 4.69) is 16.8 Å². The first-order valence-electron chi connectivity index (χ1n) is 6.62. The Morgan fingerprint density at radius 2 is 2.39 bits per heavy atom. The molecular weight excluding hydrogens is 226 g/mol. The predicted molar refractivity (Wildman–Crippen MR) is 72.6 cm³/mol. The zero-order valence-corrected chi connectivity index (χ0v) is 10.7. The van der Waals surface area contributed by atoms with Crippen LogP contribution in [0.3, 0.4) is 0 Å². The first-order valence-corrected chi connectivity index (χ1v) is 6.62. The Morgan fingerprint density at radius 3 is 3.22 bits per heavy atom. The van der Waals surface area contributed by atoms with Crippen molar-refractivity contribution in [2.75, 3.05) is 18.0 Å². The van der Waals surface area contributed by atoms with Crippen LogP contribution in [-0.4, -0.2) is 24.1 Å². The van der Waals surface area contributed by atoms with Crippen LogP contribution in [0.1, 0.15) is 19.8 Å². The van der Waals surface area contributed by atoms with Gasteiger partial charge in [0.25, 0.3) is 0 Å². The van der Waals surface area contributed by atoms with E-state index in [0.717, 1.165) is 42.7 Å². The van der Waals surface area contributed by atoms with Crippen LogP contribution in [0, 0.1) is 5.92 Å². The molecular formula is C14H19N3O. The molecule has 2 aromatic rings.